The Morgan fingerprint density at radius 3 is 2.76 bits per heavy atom. The Morgan fingerprint density at radius 2 is 1.95 bits per heavy atom. The van der Waals surface area contributed by atoms with Gasteiger partial charge in [0, 0.05) is 22.2 Å². The standard InChI is InChI=1S/C16H12Cl2N2O/c1-21-14-8-10(12-5-3-2-4-6-13(12)17)7-11-9-19-16(18)20-15(11)14/h3-9H,2H2,1H3. The fourth-order valence-corrected chi connectivity index (χ4v) is 2.64. The van der Waals surface area contributed by atoms with Gasteiger partial charge in [-0.05, 0) is 41.8 Å². The van der Waals surface area contributed by atoms with Gasteiger partial charge in [0.25, 0.3) is 0 Å². The second-order valence-corrected chi connectivity index (χ2v) is 5.30. The molecule has 0 N–H and O–H groups in total. The van der Waals surface area contributed by atoms with Crippen LogP contribution >= 0.6 is 23.2 Å². The van der Waals surface area contributed by atoms with Crippen LogP contribution in [-0.2, 0) is 0 Å². The van der Waals surface area contributed by atoms with Crippen molar-refractivity contribution in [1.29, 1.82) is 0 Å². The second kappa shape index (κ2) is 5.88. The van der Waals surface area contributed by atoms with Crippen molar-refractivity contribution in [1.82, 2.24) is 9.97 Å². The first kappa shape index (κ1) is 14.1. The van der Waals surface area contributed by atoms with Crippen LogP contribution in [0.2, 0.25) is 5.28 Å². The summed E-state index contributed by atoms with van der Waals surface area (Å²) < 4.78 is 5.42. The Labute approximate surface area is 132 Å². The highest BCUT2D eigenvalue weighted by Crippen LogP contribution is 2.33. The number of ether oxygens (including phenoxy) is 1. The van der Waals surface area contributed by atoms with E-state index in [2.05, 4.69) is 16.0 Å². The molecule has 0 saturated heterocycles. The average Bonchev–Trinajstić information content (AvgIpc) is 2.71. The van der Waals surface area contributed by atoms with E-state index in [0.29, 0.717) is 16.3 Å². The number of halogens is 2. The summed E-state index contributed by atoms with van der Waals surface area (Å²) in [7, 11) is 1.60. The fraction of sp³-hybridized carbons (Fsp3) is 0.125. The van der Waals surface area contributed by atoms with Crippen molar-refractivity contribution in [3.05, 3.63) is 58.5 Å². The third-order valence-electron chi connectivity index (χ3n) is 3.23. The molecule has 0 spiro atoms. The molecule has 1 aromatic heterocycles. The van der Waals surface area contributed by atoms with Crippen LogP contribution in [0.3, 0.4) is 0 Å². The number of allylic oxidation sites excluding steroid dienone is 6. The predicted octanol–water partition coefficient (Wildman–Crippen LogP) is 4.76. The molecule has 1 aliphatic carbocycles. The number of rotatable bonds is 2. The molecule has 2 aromatic rings. The van der Waals surface area contributed by atoms with E-state index in [-0.39, 0.29) is 5.28 Å². The molecule has 0 unspecified atom stereocenters. The van der Waals surface area contributed by atoms with Crippen molar-refractivity contribution in [2.24, 2.45) is 0 Å². The van der Waals surface area contributed by atoms with Gasteiger partial charge in [-0.1, -0.05) is 29.8 Å². The monoisotopic (exact) mass is 318 g/mol. The van der Waals surface area contributed by atoms with Crippen LogP contribution in [0.4, 0.5) is 0 Å². The molecule has 5 heteroatoms. The molecule has 1 heterocycles. The van der Waals surface area contributed by atoms with Crippen LogP contribution < -0.4 is 4.74 Å². The Hall–Kier alpha value is -1.84. The molecule has 3 rings (SSSR count). The molecular formula is C16H12Cl2N2O. The zero-order valence-electron chi connectivity index (χ0n) is 11.3. The summed E-state index contributed by atoms with van der Waals surface area (Å²) in [5.74, 6) is 0.644. The lowest BCUT2D eigenvalue weighted by Gasteiger charge is -2.10. The first-order chi connectivity index (χ1) is 10.2. The summed E-state index contributed by atoms with van der Waals surface area (Å²) in [6.45, 7) is 0. The Balaban J connectivity index is 2.25. The third kappa shape index (κ3) is 2.80. The molecule has 21 heavy (non-hydrogen) atoms. The number of hydrogen-bond donors (Lipinski definition) is 0. The number of fused-ring (bicyclic) bond motifs is 1. The van der Waals surface area contributed by atoms with Gasteiger partial charge >= 0.3 is 0 Å². The molecule has 0 radical (unpaired) electrons. The normalized spacial score (nSPS) is 14.6. The van der Waals surface area contributed by atoms with Crippen LogP contribution in [0.1, 0.15) is 12.0 Å². The zero-order valence-corrected chi connectivity index (χ0v) is 12.8. The van der Waals surface area contributed by atoms with E-state index < -0.39 is 0 Å². The van der Waals surface area contributed by atoms with Gasteiger partial charge in [-0.3, -0.25) is 0 Å². The first-order valence-electron chi connectivity index (χ1n) is 6.42. The van der Waals surface area contributed by atoms with Gasteiger partial charge in [0.1, 0.15) is 11.3 Å². The summed E-state index contributed by atoms with van der Waals surface area (Å²) in [4.78, 5) is 8.24. The molecule has 106 valence electrons. The topological polar surface area (TPSA) is 35.0 Å². The van der Waals surface area contributed by atoms with Gasteiger partial charge in [0.2, 0.25) is 5.28 Å². The molecular weight excluding hydrogens is 307 g/mol. The van der Waals surface area contributed by atoms with E-state index in [0.717, 1.165) is 22.9 Å². The van der Waals surface area contributed by atoms with Crippen LogP contribution in [0.25, 0.3) is 16.5 Å². The van der Waals surface area contributed by atoms with Crippen molar-refractivity contribution < 1.29 is 4.74 Å². The third-order valence-corrected chi connectivity index (χ3v) is 3.74. The number of benzene rings is 1. The van der Waals surface area contributed by atoms with Gasteiger partial charge in [-0.25, -0.2) is 9.97 Å². The lowest BCUT2D eigenvalue weighted by molar-refractivity contribution is 0.418. The zero-order chi connectivity index (χ0) is 14.8. The van der Waals surface area contributed by atoms with Crippen molar-refractivity contribution in [3.8, 4) is 5.75 Å². The minimum atomic E-state index is 0.197. The Morgan fingerprint density at radius 1 is 1.14 bits per heavy atom. The number of nitrogens with zero attached hydrogens (tertiary/aromatic N) is 2. The molecule has 0 aliphatic heterocycles. The molecule has 3 nitrogen and oxygen atoms in total. The van der Waals surface area contributed by atoms with Crippen molar-refractivity contribution in [3.63, 3.8) is 0 Å². The van der Waals surface area contributed by atoms with E-state index in [4.69, 9.17) is 27.9 Å². The summed E-state index contributed by atoms with van der Waals surface area (Å²) in [6.07, 6.45) is 10.6. The maximum atomic E-state index is 6.34. The SMILES string of the molecule is COc1cc(C2=C(Cl)C=CCC=C2)cc2cnc(Cl)nc12. The van der Waals surface area contributed by atoms with Gasteiger partial charge in [0.05, 0.1) is 7.11 Å². The molecule has 0 amide bonds. The lowest BCUT2D eigenvalue weighted by atomic mass is 10.0. The van der Waals surface area contributed by atoms with Crippen molar-refractivity contribution in [2.45, 2.75) is 6.42 Å². The average molecular weight is 319 g/mol. The molecule has 1 aromatic carbocycles. The van der Waals surface area contributed by atoms with Crippen LogP contribution in [-0.4, -0.2) is 17.1 Å². The van der Waals surface area contributed by atoms with Crippen LogP contribution in [0, 0.1) is 0 Å². The van der Waals surface area contributed by atoms with E-state index in [1.165, 1.54) is 0 Å². The fourth-order valence-electron chi connectivity index (χ4n) is 2.24. The maximum Gasteiger partial charge on any atom is 0.223 e. The summed E-state index contributed by atoms with van der Waals surface area (Å²) in [5, 5.41) is 1.75. The Bertz CT molecular complexity index is 794. The van der Waals surface area contributed by atoms with Crippen LogP contribution in [0.15, 0.2) is 47.7 Å². The minimum absolute atomic E-state index is 0.197. The number of methoxy groups -OCH3 is 1. The smallest absolute Gasteiger partial charge is 0.223 e. The number of hydrogen-bond acceptors (Lipinski definition) is 3. The number of aromatic nitrogens is 2. The highest BCUT2D eigenvalue weighted by atomic mass is 35.5. The maximum absolute atomic E-state index is 6.34. The van der Waals surface area contributed by atoms with Gasteiger partial charge < -0.3 is 4.74 Å². The van der Waals surface area contributed by atoms with E-state index in [1.807, 2.05) is 30.4 Å². The van der Waals surface area contributed by atoms with Crippen LogP contribution in [0.5, 0.6) is 5.75 Å². The second-order valence-electron chi connectivity index (χ2n) is 4.56. The molecule has 1 aliphatic rings. The molecule has 0 bridgehead atoms. The first-order valence-corrected chi connectivity index (χ1v) is 7.18. The van der Waals surface area contributed by atoms with E-state index >= 15 is 0 Å². The van der Waals surface area contributed by atoms with Crippen molar-refractivity contribution >= 4 is 39.7 Å². The van der Waals surface area contributed by atoms with E-state index in [1.54, 1.807) is 13.3 Å². The van der Waals surface area contributed by atoms with Gasteiger partial charge in [-0.15, -0.1) is 0 Å². The minimum Gasteiger partial charge on any atom is -0.494 e. The molecule has 0 atom stereocenters. The highest BCUT2D eigenvalue weighted by Gasteiger charge is 2.11. The van der Waals surface area contributed by atoms with Gasteiger partial charge in [0.15, 0.2) is 0 Å². The quantitative estimate of drug-likeness (QED) is 0.749. The predicted molar refractivity (Wildman–Crippen MR) is 86.8 cm³/mol. The lowest BCUT2D eigenvalue weighted by Crippen LogP contribution is -1.93. The summed E-state index contributed by atoms with van der Waals surface area (Å²) in [6, 6.07) is 3.89. The Kier molecular flexibility index (Phi) is 3.95. The van der Waals surface area contributed by atoms with E-state index in [9.17, 15) is 0 Å². The van der Waals surface area contributed by atoms with Gasteiger partial charge in [-0.2, -0.15) is 0 Å². The van der Waals surface area contributed by atoms with Crippen molar-refractivity contribution in [2.75, 3.05) is 7.11 Å². The highest BCUT2D eigenvalue weighted by molar-refractivity contribution is 6.35. The molecule has 0 fully saturated rings. The summed E-state index contributed by atoms with van der Waals surface area (Å²) >= 11 is 12.2. The largest absolute Gasteiger partial charge is 0.494 e. The summed E-state index contributed by atoms with van der Waals surface area (Å²) in [5.41, 5.74) is 2.59. The molecule has 0 saturated carbocycles.